The van der Waals surface area contributed by atoms with E-state index in [9.17, 15) is 4.79 Å². The molecule has 0 aliphatic heterocycles. The van der Waals surface area contributed by atoms with Crippen LogP contribution in [0.3, 0.4) is 0 Å². The van der Waals surface area contributed by atoms with Crippen LogP contribution in [-0.4, -0.2) is 37.2 Å². The number of carbonyl (C=O) groups excluding carboxylic acids is 1. The minimum atomic E-state index is -0.0104. The summed E-state index contributed by atoms with van der Waals surface area (Å²) in [5.41, 5.74) is 7.80. The third-order valence-electron chi connectivity index (χ3n) is 5.69. The molecular formula is C25H36ClN3O3. The molecule has 176 valence electrons. The minimum absolute atomic E-state index is 0. The van der Waals surface area contributed by atoms with Crippen LogP contribution in [0, 0.1) is 0 Å². The first kappa shape index (κ1) is 25.8. The third-order valence-corrected chi connectivity index (χ3v) is 5.69. The van der Waals surface area contributed by atoms with E-state index in [4.69, 9.17) is 15.2 Å². The lowest BCUT2D eigenvalue weighted by atomic mass is 9.96. The highest BCUT2D eigenvalue weighted by molar-refractivity contribution is 5.85. The van der Waals surface area contributed by atoms with E-state index in [1.807, 2.05) is 53.4 Å². The van der Waals surface area contributed by atoms with Crippen LogP contribution in [0.4, 0.5) is 4.79 Å². The maximum atomic E-state index is 12.9. The van der Waals surface area contributed by atoms with Gasteiger partial charge < -0.3 is 25.4 Å². The summed E-state index contributed by atoms with van der Waals surface area (Å²) in [6.07, 6.45) is 6.55. The number of amides is 2. The number of hydrogen-bond donors (Lipinski definition) is 2. The van der Waals surface area contributed by atoms with Crippen molar-refractivity contribution >= 4 is 18.4 Å². The summed E-state index contributed by atoms with van der Waals surface area (Å²) in [5.74, 6) is 1.36. The van der Waals surface area contributed by atoms with Crippen molar-refractivity contribution in [2.45, 2.75) is 57.7 Å². The molecule has 0 atom stereocenters. The Balaban J connectivity index is 0.00000363. The van der Waals surface area contributed by atoms with E-state index in [0.717, 1.165) is 30.4 Å². The Morgan fingerprint density at radius 3 is 2.50 bits per heavy atom. The van der Waals surface area contributed by atoms with Crippen molar-refractivity contribution in [3.8, 4) is 11.5 Å². The van der Waals surface area contributed by atoms with Crippen molar-refractivity contribution in [1.29, 1.82) is 0 Å². The Morgan fingerprint density at radius 1 is 1.06 bits per heavy atom. The standard InChI is InChI=1S/C25H35N3O3.ClH/c1-30-24-17-21(13-14-23(24)31-19-20-9-4-2-5-10-20)18-28(16-8-15-26)25(29)27-22-11-6-3-7-12-22;/h2,4-5,9-10,13-14,17,22H,3,6-8,11-12,15-16,18-19,26H2,1H3,(H,27,29);1H. The zero-order chi connectivity index (χ0) is 21.9. The number of rotatable bonds is 10. The summed E-state index contributed by atoms with van der Waals surface area (Å²) >= 11 is 0. The summed E-state index contributed by atoms with van der Waals surface area (Å²) in [5, 5.41) is 3.22. The van der Waals surface area contributed by atoms with Crippen molar-refractivity contribution in [2.24, 2.45) is 5.73 Å². The van der Waals surface area contributed by atoms with Gasteiger partial charge in [0.25, 0.3) is 0 Å². The number of nitrogens with one attached hydrogen (secondary N) is 1. The second-order valence-electron chi connectivity index (χ2n) is 8.11. The van der Waals surface area contributed by atoms with Crippen molar-refractivity contribution in [3.63, 3.8) is 0 Å². The average molecular weight is 462 g/mol. The van der Waals surface area contributed by atoms with Gasteiger partial charge in [-0.05, 0) is 49.1 Å². The van der Waals surface area contributed by atoms with Crippen LogP contribution in [0.15, 0.2) is 48.5 Å². The summed E-state index contributed by atoms with van der Waals surface area (Å²) in [4.78, 5) is 14.8. The maximum Gasteiger partial charge on any atom is 0.317 e. The molecule has 2 aromatic carbocycles. The molecule has 1 fully saturated rings. The number of ether oxygens (including phenoxy) is 2. The molecule has 0 spiro atoms. The molecule has 6 nitrogen and oxygen atoms in total. The number of urea groups is 1. The maximum absolute atomic E-state index is 12.9. The number of methoxy groups -OCH3 is 1. The number of nitrogens with zero attached hydrogens (tertiary/aromatic N) is 1. The van der Waals surface area contributed by atoms with Gasteiger partial charge in [-0.3, -0.25) is 0 Å². The molecule has 2 aromatic rings. The SMILES string of the molecule is COc1cc(CN(CCCN)C(=O)NC2CCCCC2)ccc1OCc1ccccc1.Cl. The first-order valence-electron chi connectivity index (χ1n) is 11.3. The van der Waals surface area contributed by atoms with Crippen LogP contribution in [0.2, 0.25) is 0 Å². The first-order valence-corrected chi connectivity index (χ1v) is 11.3. The first-order chi connectivity index (χ1) is 15.2. The van der Waals surface area contributed by atoms with E-state index in [1.54, 1.807) is 7.11 Å². The molecular weight excluding hydrogens is 426 g/mol. The third kappa shape index (κ3) is 7.92. The molecule has 7 heteroatoms. The van der Waals surface area contributed by atoms with Gasteiger partial charge in [-0.15, -0.1) is 12.4 Å². The summed E-state index contributed by atoms with van der Waals surface area (Å²) in [6, 6.07) is 16.2. The zero-order valence-corrected chi connectivity index (χ0v) is 19.7. The fraction of sp³-hybridized carbons (Fsp3) is 0.480. The van der Waals surface area contributed by atoms with E-state index < -0.39 is 0 Å². The molecule has 32 heavy (non-hydrogen) atoms. The van der Waals surface area contributed by atoms with Gasteiger partial charge in [-0.25, -0.2) is 4.79 Å². The van der Waals surface area contributed by atoms with E-state index in [2.05, 4.69) is 5.32 Å². The van der Waals surface area contributed by atoms with Gasteiger partial charge in [-0.1, -0.05) is 55.7 Å². The van der Waals surface area contributed by atoms with Gasteiger partial charge in [0.1, 0.15) is 6.61 Å². The second kappa shape index (κ2) is 13.9. The lowest BCUT2D eigenvalue weighted by Gasteiger charge is -2.28. The van der Waals surface area contributed by atoms with Gasteiger partial charge in [0.05, 0.1) is 7.11 Å². The van der Waals surface area contributed by atoms with Gasteiger partial charge in [0.15, 0.2) is 11.5 Å². The molecule has 3 rings (SSSR count). The molecule has 0 saturated heterocycles. The van der Waals surface area contributed by atoms with Crippen LogP contribution in [0.5, 0.6) is 11.5 Å². The van der Waals surface area contributed by atoms with E-state index in [1.165, 1.54) is 19.3 Å². The topological polar surface area (TPSA) is 76.8 Å². The fourth-order valence-electron chi connectivity index (χ4n) is 3.93. The summed E-state index contributed by atoms with van der Waals surface area (Å²) in [7, 11) is 1.64. The smallest absolute Gasteiger partial charge is 0.317 e. The Bertz CT molecular complexity index is 813. The predicted octanol–water partition coefficient (Wildman–Crippen LogP) is 4.89. The molecule has 1 aliphatic rings. The molecule has 0 aromatic heterocycles. The van der Waals surface area contributed by atoms with E-state index in [0.29, 0.717) is 37.7 Å². The van der Waals surface area contributed by atoms with Crippen molar-refractivity contribution in [1.82, 2.24) is 10.2 Å². The lowest BCUT2D eigenvalue weighted by molar-refractivity contribution is 0.187. The van der Waals surface area contributed by atoms with Crippen LogP contribution < -0.4 is 20.5 Å². The van der Waals surface area contributed by atoms with Crippen LogP contribution in [-0.2, 0) is 13.2 Å². The van der Waals surface area contributed by atoms with E-state index in [-0.39, 0.29) is 24.5 Å². The Labute approximate surface area is 197 Å². The van der Waals surface area contributed by atoms with Crippen molar-refractivity contribution in [3.05, 3.63) is 59.7 Å². The zero-order valence-electron chi connectivity index (χ0n) is 18.9. The van der Waals surface area contributed by atoms with Gasteiger partial charge in [0.2, 0.25) is 0 Å². The second-order valence-corrected chi connectivity index (χ2v) is 8.11. The Morgan fingerprint density at radius 2 is 1.81 bits per heavy atom. The molecule has 0 bridgehead atoms. The van der Waals surface area contributed by atoms with Gasteiger partial charge >= 0.3 is 6.03 Å². The molecule has 1 saturated carbocycles. The highest BCUT2D eigenvalue weighted by Crippen LogP contribution is 2.29. The molecule has 0 unspecified atom stereocenters. The van der Waals surface area contributed by atoms with Gasteiger partial charge in [0, 0.05) is 19.1 Å². The molecule has 0 radical (unpaired) electrons. The Kier molecular flexibility index (Phi) is 11.2. The predicted molar refractivity (Wildman–Crippen MR) is 131 cm³/mol. The molecule has 3 N–H and O–H groups in total. The summed E-state index contributed by atoms with van der Waals surface area (Å²) < 4.78 is 11.5. The number of benzene rings is 2. The highest BCUT2D eigenvalue weighted by atomic mass is 35.5. The van der Waals surface area contributed by atoms with E-state index >= 15 is 0 Å². The fourth-order valence-corrected chi connectivity index (χ4v) is 3.93. The largest absolute Gasteiger partial charge is 0.493 e. The van der Waals surface area contributed by atoms with Crippen molar-refractivity contribution in [2.75, 3.05) is 20.2 Å². The molecule has 1 aliphatic carbocycles. The normalized spacial score (nSPS) is 13.7. The quantitative estimate of drug-likeness (QED) is 0.528. The number of nitrogens with two attached hydrogens (primary N) is 1. The van der Waals surface area contributed by atoms with Crippen LogP contribution >= 0.6 is 12.4 Å². The van der Waals surface area contributed by atoms with Crippen molar-refractivity contribution < 1.29 is 14.3 Å². The highest BCUT2D eigenvalue weighted by Gasteiger charge is 2.20. The molecule has 2 amide bonds. The minimum Gasteiger partial charge on any atom is -0.493 e. The Hall–Kier alpha value is -2.44. The van der Waals surface area contributed by atoms with Crippen LogP contribution in [0.25, 0.3) is 0 Å². The molecule has 0 heterocycles. The van der Waals surface area contributed by atoms with Crippen LogP contribution in [0.1, 0.15) is 49.7 Å². The average Bonchev–Trinajstić information content (AvgIpc) is 2.82. The summed E-state index contributed by atoms with van der Waals surface area (Å²) in [6.45, 7) is 2.17. The number of carbonyl (C=O) groups is 1. The monoisotopic (exact) mass is 461 g/mol. The number of halogens is 1. The lowest BCUT2D eigenvalue weighted by Crippen LogP contribution is -2.45. The van der Waals surface area contributed by atoms with Gasteiger partial charge in [-0.2, -0.15) is 0 Å². The number of hydrogen-bond acceptors (Lipinski definition) is 4.